The Hall–Kier alpha value is -2.72. The fraction of sp³-hybridized carbons (Fsp3) is 0.409. The monoisotopic (exact) mass is 474 g/mol. The fourth-order valence-corrected chi connectivity index (χ4v) is 6.26. The third kappa shape index (κ3) is 5.02. The van der Waals surface area contributed by atoms with Crippen LogP contribution in [0.25, 0.3) is 10.2 Å². The molecule has 170 valence electrons. The van der Waals surface area contributed by atoms with Gasteiger partial charge in [0.15, 0.2) is 0 Å². The quantitative estimate of drug-likeness (QED) is 0.519. The summed E-state index contributed by atoms with van der Waals surface area (Å²) in [6.07, 6.45) is 6.36. The molecule has 0 radical (unpaired) electrons. The number of nitrogens with one attached hydrogen (secondary N) is 2. The molecule has 0 saturated carbocycles. The molecule has 1 aliphatic carbocycles. The van der Waals surface area contributed by atoms with Gasteiger partial charge in [-0.3, -0.25) is 18.9 Å². The second kappa shape index (κ2) is 9.41. The van der Waals surface area contributed by atoms with Gasteiger partial charge >= 0.3 is 0 Å². The first-order chi connectivity index (χ1) is 15.4. The van der Waals surface area contributed by atoms with Crippen molar-refractivity contribution in [2.45, 2.75) is 52.0 Å². The molecule has 3 aromatic rings. The van der Waals surface area contributed by atoms with Gasteiger partial charge in [-0.2, -0.15) is 0 Å². The van der Waals surface area contributed by atoms with Crippen LogP contribution in [0.1, 0.15) is 43.0 Å². The molecule has 2 N–H and O–H groups in total. The van der Waals surface area contributed by atoms with Crippen LogP contribution in [0.4, 0.5) is 11.4 Å². The largest absolute Gasteiger partial charge is 0.326 e. The van der Waals surface area contributed by atoms with Crippen LogP contribution >= 0.6 is 11.3 Å². The molecule has 1 aromatic carbocycles. The lowest BCUT2D eigenvalue weighted by Crippen LogP contribution is -2.24. The van der Waals surface area contributed by atoms with Gasteiger partial charge in [-0.05, 0) is 61.9 Å². The van der Waals surface area contributed by atoms with Crippen LogP contribution in [0.15, 0.2) is 35.4 Å². The van der Waals surface area contributed by atoms with Gasteiger partial charge in [0.1, 0.15) is 4.83 Å². The number of sulfonamides is 1. The molecule has 0 bridgehead atoms. The molecule has 1 aliphatic rings. The van der Waals surface area contributed by atoms with E-state index in [2.05, 4.69) is 15.0 Å². The number of carbonyl (C=O) groups is 1. The van der Waals surface area contributed by atoms with E-state index in [4.69, 9.17) is 0 Å². The lowest BCUT2D eigenvalue weighted by Gasteiger charge is -2.11. The first kappa shape index (κ1) is 22.5. The number of amides is 1. The first-order valence-corrected chi connectivity index (χ1v) is 13.2. The Morgan fingerprint density at radius 3 is 2.62 bits per heavy atom. The smallest absolute Gasteiger partial charge is 0.262 e. The normalized spacial score (nSPS) is 13.7. The van der Waals surface area contributed by atoms with Crippen LogP contribution in [0, 0.1) is 0 Å². The van der Waals surface area contributed by atoms with Crippen molar-refractivity contribution in [3.8, 4) is 0 Å². The molecule has 2 heterocycles. The number of fused-ring (bicyclic) bond motifs is 3. The summed E-state index contributed by atoms with van der Waals surface area (Å²) in [4.78, 5) is 31.9. The number of aryl methyl sites for hydroxylation is 3. The Morgan fingerprint density at radius 1 is 1.16 bits per heavy atom. The zero-order chi connectivity index (χ0) is 22.7. The average molecular weight is 475 g/mol. The lowest BCUT2D eigenvalue weighted by atomic mass is 9.97. The summed E-state index contributed by atoms with van der Waals surface area (Å²) in [7, 11) is -3.36. The molecule has 0 unspecified atom stereocenters. The molecule has 32 heavy (non-hydrogen) atoms. The Bertz CT molecular complexity index is 1290. The Kier molecular flexibility index (Phi) is 6.61. The molecule has 2 aromatic heterocycles. The van der Waals surface area contributed by atoms with Gasteiger partial charge in [-0.15, -0.1) is 11.3 Å². The minimum atomic E-state index is -3.36. The number of aromatic nitrogens is 2. The predicted octanol–water partition coefficient (Wildman–Crippen LogP) is 3.52. The summed E-state index contributed by atoms with van der Waals surface area (Å²) in [6.45, 7) is 2.04. The zero-order valence-electron chi connectivity index (χ0n) is 17.9. The van der Waals surface area contributed by atoms with Crippen molar-refractivity contribution in [1.29, 1.82) is 0 Å². The van der Waals surface area contributed by atoms with E-state index >= 15 is 0 Å². The molecule has 0 spiro atoms. The topological polar surface area (TPSA) is 110 Å². The summed E-state index contributed by atoms with van der Waals surface area (Å²) < 4.78 is 27.7. The predicted molar refractivity (Wildman–Crippen MR) is 128 cm³/mol. The standard InChI is InChI=1S/C22H26N4O4S2/c1-2-13-32(29,30)25-16-9-7-15(8-10-16)24-19(27)11-12-26-14-23-21-20(22(26)28)17-5-3-4-6-18(17)31-21/h7-10,14,25H,2-6,11-13H2,1H3,(H,24,27). The Morgan fingerprint density at radius 2 is 1.88 bits per heavy atom. The molecular formula is C22H26N4O4S2. The number of carbonyl (C=O) groups excluding carboxylic acids is 1. The van der Waals surface area contributed by atoms with Gasteiger partial charge in [0.25, 0.3) is 5.56 Å². The van der Waals surface area contributed by atoms with Crippen LogP contribution in [0.3, 0.4) is 0 Å². The second-order valence-electron chi connectivity index (χ2n) is 7.93. The zero-order valence-corrected chi connectivity index (χ0v) is 19.5. The maximum atomic E-state index is 13.0. The third-order valence-corrected chi connectivity index (χ3v) is 8.13. The van der Waals surface area contributed by atoms with E-state index in [0.717, 1.165) is 36.1 Å². The number of hydrogen-bond donors (Lipinski definition) is 2. The highest BCUT2D eigenvalue weighted by Crippen LogP contribution is 2.33. The van der Waals surface area contributed by atoms with Gasteiger partial charge < -0.3 is 5.32 Å². The van der Waals surface area contributed by atoms with Crippen LogP contribution in [0.2, 0.25) is 0 Å². The van der Waals surface area contributed by atoms with Crippen LogP contribution in [0.5, 0.6) is 0 Å². The highest BCUT2D eigenvalue weighted by atomic mass is 32.2. The van der Waals surface area contributed by atoms with Gasteiger partial charge in [0, 0.05) is 29.2 Å². The SMILES string of the molecule is CCCS(=O)(=O)Nc1ccc(NC(=O)CCn2cnc3sc4c(c3c2=O)CCCC4)cc1. The lowest BCUT2D eigenvalue weighted by molar-refractivity contribution is -0.116. The maximum absolute atomic E-state index is 13.0. The van der Waals surface area contributed by atoms with Crippen molar-refractivity contribution in [2.24, 2.45) is 0 Å². The Balaban J connectivity index is 1.38. The second-order valence-corrected chi connectivity index (χ2v) is 10.9. The summed E-state index contributed by atoms with van der Waals surface area (Å²) in [5.41, 5.74) is 2.07. The molecular weight excluding hydrogens is 448 g/mol. The fourth-order valence-electron chi connectivity index (χ4n) is 3.91. The molecule has 0 saturated heterocycles. The van der Waals surface area contributed by atoms with Crippen molar-refractivity contribution in [3.05, 3.63) is 51.4 Å². The van der Waals surface area contributed by atoms with Crippen molar-refractivity contribution in [1.82, 2.24) is 9.55 Å². The summed E-state index contributed by atoms with van der Waals surface area (Å²) in [5, 5.41) is 3.50. The van der Waals surface area contributed by atoms with Crippen LogP contribution < -0.4 is 15.6 Å². The molecule has 0 fully saturated rings. The molecule has 8 nitrogen and oxygen atoms in total. The number of benzene rings is 1. The van der Waals surface area contributed by atoms with Crippen LogP contribution in [-0.4, -0.2) is 29.6 Å². The number of rotatable bonds is 8. The minimum absolute atomic E-state index is 0.0552. The summed E-state index contributed by atoms with van der Waals surface area (Å²) >= 11 is 1.61. The van der Waals surface area contributed by atoms with Crippen molar-refractivity contribution in [2.75, 3.05) is 15.8 Å². The van der Waals surface area contributed by atoms with Gasteiger partial charge in [-0.25, -0.2) is 13.4 Å². The maximum Gasteiger partial charge on any atom is 0.262 e. The summed E-state index contributed by atoms with van der Waals surface area (Å²) in [6, 6.07) is 6.48. The first-order valence-electron chi connectivity index (χ1n) is 10.8. The molecule has 0 atom stereocenters. The van der Waals surface area contributed by atoms with E-state index in [0.29, 0.717) is 23.2 Å². The molecule has 4 rings (SSSR count). The molecule has 10 heteroatoms. The minimum Gasteiger partial charge on any atom is -0.326 e. The van der Waals surface area contributed by atoms with Crippen molar-refractivity contribution in [3.63, 3.8) is 0 Å². The van der Waals surface area contributed by atoms with E-state index in [9.17, 15) is 18.0 Å². The van der Waals surface area contributed by atoms with E-state index in [1.807, 2.05) is 0 Å². The van der Waals surface area contributed by atoms with E-state index in [1.54, 1.807) is 42.5 Å². The molecule has 1 amide bonds. The van der Waals surface area contributed by atoms with Gasteiger partial charge in [0.2, 0.25) is 15.9 Å². The number of nitrogens with zero attached hydrogens (tertiary/aromatic N) is 2. The number of anilines is 2. The highest BCUT2D eigenvalue weighted by Gasteiger charge is 2.20. The number of hydrogen-bond acceptors (Lipinski definition) is 6. The Labute approximate surface area is 190 Å². The van der Waals surface area contributed by atoms with Crippen molar-refractivity contribution < 1.29 is 13.2 Å². The van der Waals surface area contributed by atoms with E-state index < -0.39 is 10.0 Å². The summed E-state index contributed by atoms with van der Waals surface area (Å²) in [5.74, 6) is -0.177. The van der Waals surface area contributed by atoms with Crippen molar-refractivity contribution >= 4 is 48.9 Å². The molecule has 0 aliphatic heterocycles. The third-order valence-electron chi connectivity index (χ3n) is 5.44. The highest BCUT2D eigenvalue weighted by molar-refractivity contribution is 7.92. The van der Waals surface area contributed by atoms with Gasteiger partial charge in [0.05, 0.1) is 17.5 Å². The van der Waals surface area contributed by atoms with E-state index in [1.165, 1.54) is 15.8 Å². The van der Waals surface area contributed by atoms with E-state index in [-0.39, 0.29) is 30.2 Å². The average Bonchev–Trinajstić information content (AvgIpc) is 3.14. The van der Waals surface area contributed by atoms with Gasteiger partial charge in [-0.1, -0.05) is 6.92 Å². The number of thiophene rings is 1. The van der Waals surface area contributed by atoms with Crippen LogP contribution in [-0.2, 0) is 34.2 Å².